The van der Waals surface area contributed by atoms with E-state index in [0.717, 1.165) is 11.8 Å². The Hall–Kier alpha value is -1.06. The van der Waals surface area contributed by atoms with E-state index < -0.39 is 0 Å². The molecule has 3 aliphatic carbocycles. The first-order valence-electron chi connectivity index (χ1n) is 12.7. The molecule has 2 bridgehead atoms. The molecule has 31 heavy (non-hydrogen) atoms. The molecule has 0 N–H and O–H groups in total. The van der Waals surface area contributed by atoms with Crippen molar-refractivity contribution in [3.05, 3.63) is 47.5 Å². The number of hydrogen-bond acceptors (Lipinski definition) is 2. The van der Waals surface area contributed by atoms with Crippen LogP contribution in [0.15, 0.2) is 42.0 Å². The predicted molar refractivity (Wildman–Crippen MR) is 131 cm³/mol. The third-order valence-electron chi connectivity index (χ3n) is 9.18. The minimum atomic E-state index is -0.243. The van der Waals surface area contributed by atoms with Crippen LogP contribution in [0.25, 0.3) is 0 Å². The quantitative estimate of drug-likeness (QED) is 0.231. The molecule has 1 aromatic carbocycles. The van der Waals surface area contributed by atoms with Crippen molar-refractivity contribution < 1.29 is 9.31 Å². The van der Waals surface area contributed by atoms with Gasteiger partial charge in [-0.2, -0.15) is 0 Å². The second-order valence-electron chi connectivity index (χ2n) is 12.0. The zero-order chi connectivity index (χ0) is 22.3. The highest BCUT2D eigenvalue weighted by Gasteiger charge is 2.54. The molecule has 1 heterocycles. The van der Waals surface area contributed by atoms with Crippen molar-refractivity contribution in [2.24, 2.45) is 17.3 Å². The van der Waals surface area contributed by atoms with Crippen LogP contribution in [-0.2, 0) is 15.7 Å². The first-order valence-corrected chi connectivity index (χ1v) is 12.7. The van der Waals surface area contributed by atoms with Crippen molar-refractivity contribution in [3.8, 4) is 0 Å². The summed E-state index contributed by atoms with van der Waals surface area (Å²) < 4.78 is 13.0. The second-order valence-corrected chi connectivity index (χ2v) is 12.0. The summed E-state index contributed by atoms with van der Waals surface area (Å²) in [5.74, 6) is 2.19. The number of rotatable bonds is 9. The zero-order valence-electron chi connectivity index (χ0n) is 20.7. The number of unbranched alkanes of at least 4 members (excludes halogenated alkanes) is 1. The number of hydrogen-bond donors (Lipinski definition) is 0. The molecule has 0 spiro atoms. The first-order chi connectivity index (χ1) is 14.6. The van der Waals surface area contributed by atoms with Gasteiger partial charge in [-0.3, -0.25) is 0 Å². The van der Waals surface area contributed by atoms with Gasteiger partial charge in [-0.05, 0) is 94.9 Å². The number of allylic oxidation sites excluding steroid dienone is 2. The van der Waals surface area contributed by atoms with E-state index in [1.54, 1.807) is 5.57 Å². The maximum absolute atomic E-state index is 6.52. The molecule has 3 heteroatoms. The molecule has 1 saturated carbocycles. The molecule has 0 radical (unpaired) electrons. The van der Waals surface area contributed by atoms with Gasteiger partial charge < -0.3 is 9.31 Å². The van der Waals surface area contributed by atoms with Crippen LogP contribution in [0.4, 0.5) is 0 Å². The minimum absolute atomic E-state index is 0.0759. The topological polar surface area (TPSA) is 18.5 Å². The van der Waals surface area contributed by atoms with Gasteiger partial charge in [-0.25, -0.2) is 0 Å². The molecule has 0 unspecified atom stereocenters. The molecule has 5 rings (SSSR count). The highest BCUT2D eigenvalue weighted by molar-refractivity contribution is 6.47. The van der Waals surface area contributed by atoms with Gasteiger partial charge in [-0.1, -0.05) is 68.7 Å². The van der Waals surface area contributed by atoms with Crippen molar-refractivity contribution >= 4 is 7.12 Å². The summed E-state index contributed by atoms with van der Waals surface area (Å²) in [4.78, 5) is 0. The number of fused-ring (bicyclic) bond motifs is 1. The van der Waals surface area contributed by atoms with Gasteiger partial charge in [0.1, 0.15) is 0 Å². The van der Waals surface area contributed by atoms with Crippen LogP contribution in [0.2, 0.25) is 5.82 Å². The zero-order valence-corrected chi connectivity index (χ0v) is 20.7. The maximum atomic E-state index is 6.52. The van der Waals surface area contributed by atoms with Crippen molar-refractivity contribution in [1.82, 2.24) is 0 Å². The molecule has 0 amide bonds. The Morgan fingerprint density at radius 2 is 1.58 bits per heavy atom. The van der Waals surface area contributed by atoms with E-state index in [1.165, 1.54) is 56.9 Å². The fourth-order valence-electron chi connectivity index (χ4n) is 5.99. The molecule has 3 atom stereocenters. The molecular weight excluding hydrogens is 379 g/mol. The molecule has 1 aromatic rings. The number of aryl methyl sites for hydroxylation is 1. The van der Waals surface area contributed by atoms with Gasteiger partial charge >= 0.3 is 7.12 Å². The Kier molecular flexibility index (Phi) is 6.49. The molecule has 2 nitrogen and oxygen atoms in total. The summed E-state index contributed by atoms with van der Waals surface area (Å²) >= 11 is 0. The van der Waals surface area contributed by atoms with Crippen molar-refractivity contribution in [2.45, 2.75) is 110 Å². The lowest BCUT2D eigenvalue weighted by Crippen LogP contribution is -2.48. The molecule has 170 valence electrons. The first kappa shape index (κ1) is 23.1. The smallest absolute Gasteiger partial charge is 0.403 e. The van der Waals surface area contributed by atoms with Crippen LogP contribution < -0.4 is 0 Å². The van der Waals surface area contributed by atoms with Crippen LogP contribution in [0.1, 0.15) is 92.1 Å². The van der Waals surface area contributed by atoms with Gasteiger partial charge in [0, 0.05) is 0 Å². The van der Waals surface area contributed by atoms with E-state index in [-0.39, 0.29) is 18.3 Å². The summed E-state index contributed by atoms with van der Waals surface area (Å²) in [6.07, 6.45) is 12.5. The lowest BCUT2D eigenvalue weighted by molar-refractivity contribution is -0.00845. The second kappa shape index (κ2) is 8.71. The van der Waals surface area contributed by atoms with E-state index in [4.69, 9.17) is 9.31 Å². The number of benzene rings is 1. The van der Waals surface area contributed by atoms with Gasteiger partial charge in [0.15, 0.2) is 0 Å². The van der Waals surface area contributed by atoms with Gasteiger partial charge in [-0.15, -0.1) is 0 Å². The summed E-state index contributed by atoms with van der Waals surface area (Å²) in [5, 5.41) is 0. The third-order valence-corrected chi connectivity index (χ3v) is 9.18. The lowest BCUT2D eigenvalue weighted by Gasteiger charge is -2.56. The lowest BCUT2D eigenvalue weighted by atomic mass is 9.48. The van der Waals surface area contributed by atoms with Crippen LogP contribution in [-0.4, -0.2) is 18.3 Å². The average Bonchev–Trinajstić information content (AvgIpc) is 2.95. The van der Waals surface area contributed by atoms with E-state index in [9.17, 15) is 0 Å². The van der Waals surface area contributed by atoms with Crippen LogP contribution >= 0.6 is 0 Å². The third kappa shape index (κ3) is 4.69. The monoisotopic (exact) mass is 422 g/mol. The predicted octanol–water partition coefficient (Wildman–Crippen LogP) is 7.63. The average molecular weight is 422 g/mol. The van der Waals surface area contributed by atoms with E-state index in [2.05, 4.69) is 78.0 Å². The Bertz CT molecular complexity index is 763. The fraction of sp³-hybridized carbons (Fsp3) is 0.714. The Morgan fingerprint density at radius 1 is 0.903 bits per heavy atom. The van der Waals surface area contributed by atoms with Gasteiger partial charge in [0.25, 0.3) is 0 Å². The maximum Gasteiger partial charge on any atom is 0.461 e. The Labute approximate surface area is 191 Å². The standard InChI is InChI=1S/C28H43BO2/c1-26(2)23-18-16-22(25(26)20-23)17-19-24(29-30-27(3,4)28(5,6)31-29)15-11-10-14-21-12-8-7-9-13-21/h7-9,12-13,16,23-25H,10-11,14-15,17-20H2,1-6H3/t23-,24-,25-/m0/s1. The van der Waals surface area contributed by atoms with Crippen molar-refractivity contribution in [1.29, 1.82) is 0 Å². The highest BCUT2D eigenvalue weighted by Crippen LogP contribution is 2.60. The minimum Gasteiger partial charge on any atom is -0.403 e. The molecule has 4 aliphatic rings. The fourth-order valence-corrected chi connectivity index (χ4v) is 5.99. The largest absolute Gasteiger partial charge is 0.461 e. The molecule has 0 aromatic heterocycles. The molecule has 1 saturated heterocycles. The van der Waals surface area contributed by atoms with Crippen LogP contribution in [0, 0.1) is 17.3 Å². The van der Waals surface area contributed by atoms with Crippen molar-refractivity contribution in [3.63, 3.8) is 0 Å². The van der Waals surface area contributed by atoms with E-state index in [0.29, 0.717) is 11.2 Å². The normalized spacial score (nSPS) is 28.7. The van der Waals surface area contributed by atoms with Crippen molar-refractivity contribution in [2.75, 3.05) is 0 Å². The summed E-state index contributed by atoms with van der Waals surface area (Å²) in [6, 6.07) is 10.9. The highest BCUT2D eigenvalue weighted by atomic mass is 16.7. The Balaban J connectivity index is 1.36. The molecule has 1 aliphatic heterocycles. The van der Waals surface area contributed by atoms with E-state index >= 15 is 0 Å². The SMILES string of the molecule is CC1(C)[C@H]2CC=C(CC[C@H](CCCCc3ccccc3)B3OC(C)(C)C(C)(C)O3)[C@@H]1C2. The summed E-state index contributed by atoms with van der Waals surface area (Å²) in [7, 11) is -0.0759. The van der Waals surface area contributed by atoms with E-state index in [1.807, 2.05) is 0 Å². The van der Waals surface area contributed by atoms with Crippen LogP contribution in [0.3, 0.4) is 0 Å². The molecule has 2 fully saturated rings. The van der Waals surface area contributed by atoms with Gasteiger partial charge in [0.05, 0.1) is 11.2 Å². The summed E-state index contributed by atoms with van der Waals surface area (Å²) in [5.41, 5.74) is 3.20. The summed E-state index contributed by atoms with van der Waals surface area (Å²) in [6.45, 7) is 13.7. The Morgan fingerprint density at radius 3 is 2.19 bits per heavy atom. The van der Waals surface area contributed by atoms with Gasteiger partial charge in [0.2, 0.25) is 0 Å². The molecular formula is C28H43BO2. The van der Waals surface area contributed by atoms with Crippen LogP contribution in [0.5, 0.6) is 0 Å².